The minimum atomic E-state index is 0.366. The van der Waals surface area contributed by atoms with Crippen molar-refractivity contribution in [2.75, 3.05) is 0 Å². The van der Waals surface area contributed by atoms with E-state index in [0.717, 1.165) is 30.6 Å². The molecule has 0 atom stereocenters. The van der Waals surface area contributed by atoms with Gasteiger partial charge in [-0.2, -0.15) is 5.26 Å². The predicted molar refractivity (Wildman–Crippen MR) is 108 cm³/mol. The van der Waals surface area contributed by atoms with Gasteiger partial charge in [0, 0.05) is 5.92 Å². The number of nitrogens with zero attached hydrogens (tertiary/aromatic N) is 1. The fraction of sp³-hybridized carbons (Fsp3) is 0.875. The Morgan fingerprint density at radius 2 is 1.40 bits per heavy atom. The summed E-state index contributed by atoms with van der Waals surface area (Å²) in [6, 6.07) is 2.46. The second-order valence-electron chi connectivity index (χ2n) is 8.84. The molecule has 2 fully saturated rings. The van der Waals surface area contributed by atoms with Gasteiger partial charge in [-0.25, -0.2) is 0 Å². The zero-order chi connectivity index (χ0) is 17.7. The van der Waals surface area contributed by atoms with Crippen LogP contribution in [0, 0.1) is 35.0 Å². The van der Waals surface area contributed by atoms with Gasteiger partial charge in [0.15, 0.2) is 0 Å². The Morgan fingerprint density at radius 3 is 2.00 bits per heavy atom. The molecule has 0 heterocycles. The first-order valence-corrected chi connectivity index (χ1v) is 11.4. The summed E-state index contributed by atoms with van der Waals surface area (Å²) in [5.74, 6) is 3.16. The van der Waals surface area contributed by atoms with Gasteiger partial charge >= 0.3 is 0 Å². The van der Waals surface area contributed by atoms with Crippen LogP contribution in [0.2, 0.25) is 0 Å². The van der Waals surface area contributed by atoms with E-state index in [9.17, 15) is 0 Å². The normalized spacial score (nSPS) is 30.4. The number of nitriles is 1. The second kappa shape index (κ2) is 12.6. The van der Waals surface area contributed by atoms with Crippen molar-refractivity contribution in [2.24, 2.45) is 23.7 Å². The van der Waals surface area contributed by atoms with Crippen LogP contribution in [-0.2, 0) is 0 Å². The van der Waals surface area contributed by atoms with Crippen LogP contribution in [0.25, 0.3) is 0 Å². The van der Waals surface area contributed by atoms with Gasteiger partial charge < -0.3 is 0 Å². The van der Waals surface area contributed by atoms with Crippen LogP contribution in [0.5, 0.6) is 0 Å². The largest absolute Gasteiger partial charge is 0.198 e. The highest BCUT2D eigenvalue weighted by atomic mass is 14.3. The van der Waals surface area contributed by atoms with Gasteiger partial charge in [0.1, 0.15) is 0 Å². The van der Waals surface area contributed by atoms with Gasteiger partial charge in [0.2, 0.25) is 0 Å². The smallest absolute Gasteiger partial charge is 0.0655 e. The van der Waals surface area contributed by atoms with Crippen molar-refractivity contribution in [3.63, 3.8) is 0 Å². The Hall–Kier alpha value is -0.770. The van der Waals surface area contributed by atoms with E-state index in [1.54, 1.807) is 0 Å². The maximum atomic E-state index is 9.01. The minimum Gasteiger partial charge on any atom is -0.198 e. The van der Waals surface area contributed by atoms with Crippen molar-refractivity contribution in [3.05, 3.63) is 12.2 Å². The van der Waals surface area contributed by atoms with Crippen LogP contribution in [0.15, 0.2) is 12.2 Å². The molecule has 2 aliphatic carbocycles. The molecule has 0 unspecified atom stereocenters. The molecule has 0 radical (unpaired) electrons. The van der Waals surface area contributed by atoms with E-state index >= 15 is 0 Å². The van der Waals surface area contributed by atoms with Gasteiger partial charge in [-0.05, 0) is 82.0 Å². The Labute approximate surface area is 157 Å². The minimum absolute atomic E-state index is 0.366. The Morgan fingerprint density at radius 1 is 0.800 bits per heavy atom. The Kier molecular flexibility index (Phi) is 10.3. The first-order valence-electron chi connectivity index (χ1n) is 11.4. The standard InChI is InChI=1S/C24H41N/c1-2-3-4-5-6-7-8-9-21-10-12-22(13-11-21)14-15-23-16-18-24(20-25)19-17-23/h8-9,21-24H,2-7,10-19H2,1H3/t21-,22-,23-,24-. The fourth-order valence-corrected chi connectivity index (χ4v) is 4.88. The average Bonchev–Trinajstić information content (AvgIpc) is 2.67. The SMILES string of the molecule is CCCCCCCC=C[C@H]1CC[C@H](CC[C@H]2CC[C@H](C#N)CC2)CC1. The molecule has 0 N–H and O–H groups in total. The van der Waals surface area contributed by atoms with E-state index in [0.29, 0.717) is 5.92 Å². The molecule has 0 amide bonds. The van der Waals surface area contributed by atoms with Gasteiger partial charge in [-0.1, -0.05) is 57.6 Å². The zero-order valence-electron chi connectivity index (χ0n) is 16.7. The molecule has 0 aliphatic heterocycles. The van der Waals surface area contributed by atoms with E-state index in [4.69, 9.17) is 5.26 Å². The van der Waals surface area contributed by atoms with Crippen LogP contribution in [0.4, 0.5) is 0 Å². The molecule has 2 aliphatic rings. The highest BCUT2D eigenvalue weighted by molar-refractivity contribution is 4.91. The molecule has 0 aromatic carbocycles. The Balaban J connectivity index is 1.49. The van der Waals surface area contributed by atoms with Crippen LogP contribution in [-0.4, -0.2) is 0 Å². The first-order chi connectivity index (χ1) is 12.3. The summed E-state index contributed by atoms with van der Waals surface area (Å²) in [6.07, 6.45) is 26.9. The van der Waals surface area contributed by atoms with Crippen molar-refractivity contribution in [2.45, 2.75) is 110 Å². The number of allylic oxidation sites excluding steroid dienone is 2. The van der Waals surface area contributed by atoms with Gasteiger partial charge in [-0.3, -0.25) is 0 Å². The van der Waals surface area contributed by atoms with Crippen molar-refractivity contribution >= 4 is 0 Å². The molecule has 0 bridgehead atoms. The number of hydrogen-bond donors (Lipinski definition) is 0. The average molecular weight is 344 g/mol. The molecule has 0 saturated heterocycles. The van der Waals surface area contributed by atoms with Crippen molar-refractivity contribution in [3.8, 4) is 6.07 Å². The summed E-state index contributed by atoms with van der Waals surface area (Å²) in [7, 11) is 0. The molecule has 0 spiro atoms. The monoisotopic (exact) mass is 343 g/mol. The Bertz CT molecular complexity index is 389. The maximum Gasteiger partial charge on any atom is 0.0655 e. The molecule has 2 saturated carbocycles. The molecule has 142 valence electrons. The van der Waals surface area contributed by atoms with E-state index < -0.39 is 0 Å². The summed E-state index contributed by atoms with van der Waals surface area (Å²) in [4.78, 5) is 0. The van der Waals surface area contributed by atoms with E-state index in [2.05, 4.69) is 25.1 Å². The predicted octanol–water partition coefficient (Wildman–Crippen LogP) is 7.82. The van der Waals surface area contributed by atoms with Crippen LogP contribution in [0.1, 0.15) is 110 Å². The van der Waals surface area contributed by atoms with Crippen molar-refractivity contribution in [1.82, 2.24) is 0 Å². The van der Waals surface area contributed by atoms with Gasteiger partial charge in [0.05, 0.1) is 6.07 Å². The third kappa shape index (κ3) is 8.44. The highest BCUT2D eigenvalue weighted by Crippen LogP contribution is 2.36. The van der Waals surface area contributed by atoms with Gasteiger partial charge in [-0.15, -0.1) is 0 Å². The summed E-state index contributed by atoms with van der Waals surface area (Å²) in [5.41, 5.74) is 0. The van der Waals surface area contributed by atoms with Crippen LogP contribution >= 0.6 is 0 Å². The second-order valence-corrected chi connectivity index (χ2v) is 8.84. The maximum absolute atomic E-state index is 9.01. The third-order valence-corrected chi connectivity index (χ3v) is 6.79. The van der Waals surface area contributed by atoms with Crippen molar-refractivity contribution < 1.29 is 0 Å². The lowest BCUT2D eigenvalue weighted by Crippen LogP contribution is -2.17. The zero-order valence-corrected chi connectivity index (χ0v) is 16.7. The molecule has 1 heteroatoms. The summed E-state index contributed by atoms with van der Waals surface area (Å²) in [6.45, 7) is 2.29. The van der Waals surface area contributed by atoms with E-state index in [1.807, 2.05) is 0 Å². The number of rotatable bonds is 10. The molecule has 25 heavy (non-hydrogen) atoms. The molecule has 0 aromatic heterocycles. The summed E-state index contributed by atoms with van der Waals surface area (Å²) in [5, 5.41) is 9.01. The fourth-order valence-electron chi connectivity index (χ4n) is 4.88. The van der Waals surface area contributed by atoms with Crippen molar-refractivity contribution in [1.29, 1.82) is 5.26 Å². The summed E-state index contributed by atoms with van der Waals surface area (Å²) >= 11 is 0. The molecular weight excluding hydrogens is 302 g/mol. The third-order valence-electron chi connectivity index (χ3n) is 6.79. The topological polar surface area (TPSA) is 23.8 Å². The first kappa shape index (κ1) is 20.5. The van der Waals surface area contributed by atoms with Gasteiger partial charge in [0.25, 0.3) is 0 Å². The summed E-state index contributed by atoms with van der Waals surface area (Å²) < 4.78 is 0. The quantitative estimate of drug-likeness (QED) is 0.293. The molecule has 2 rings (SSSR count). The number of unbranched alkanes of at least 4 members (excludes halogenated alkanes) is 5. The van der Waals surface area contributed by atoms with E-state index in [1.165, 1.54) is 89.9 Å². The lowest BCUT2D eigenvalue weighted by molar-refractivity contribution is 0.242. The van der Waals surface area contributed by atoms with E-state index in [-0.39, 0.29) is 0 Å². The highest BCUT2D eigenvalue weighted by Gasteiger charge is 2.23. The van der Waals surface area contributed by atoms with Crippen LogP contribution < -0.4 is 0 Å². The molecule has 1 nitrogen and oxygen atoms in total. The molecule has 0 aromatic rings. The lowest BCUT2D eigenvalue weighted by Gasteiger charge is -2.30. The molecular formula is C24H41N. The van der Waals surface area contributed by atoms with Crippen LogP contribution in [0.3, 0.4) is 0 Å². The number of hydrogen-bond acceptors (Lipinski definition) is 1. The lowest BCUT2D eigenvalue weighted by atomic mass is 9.76.